The van der Waals surface area contributed by atoms with Crippen molar-refractivity contribution in [2.24, 2.45) is 12.8 Å². The van der Waals surface area contributed by atoms with Crippen LogP contribution in [0.2, 0.25) is 0 Å². The van der Waals surface area contributed by atoms with Crippen molar-refractivity contribution in [1.29, 1.82) is 0 Å². The number of aromatic nitrogens is 2. The van der Waals surface area contributed by atoms with E-state index in [2.05, 4.69) is 24.2 Å². The average Bonchev–Trinajstić information content (AvgIpc) is 2.67. The molecule has 18 heavy (non-hydrogen) atoms. The van der Waals surface area contributed by atoms with Gasteiger partial charge in [-0.25, -0.2) is 0 Å². The second-order valence-corrected chi connectivity index (χ2v) is 4.48. The van der Waals surface area contributed by atoms with Gasteiger partial charge in [0.1, 0.15) is 0 Å². The molecule has 0 fully saturated rings. The molecule has 4 heteroatoms. The fraction of sp³-hybridized carbons (Fsp3) is 0.357. The zero-order valence-corrected chi connectivity index (χ0v) is 10.9. The van der Waals surface area contributed by atoms with Crippen molar-refractivity contribution in [1.82, 2.24) is 9.78 Å². The summed E-state index contributed by atoms with van der Waals surface area (Å²) in [4.78, 5) is 11.8. The van der Waals surface area contributed by atoms with Gasteiger partial charge in [-0.15, -0.1) is 0 Å². The molecule has 0 aliphatic heterocycles. The number of hydrogen-bond acceptors (Lipinski definition) is 2. The van der Waals surface area contributed by atoms with E-state index in [1.807, 2.05) is 12.1 Å². The first-order valence-corrected chi connectivity index (χ1v) is 6.24. The second-order valence-electron chi connectivity index (χ2n) is 4.48. The largest absolute Gasteiger partial charge is 0.326 e. The maximum Gasteiger partial charge on any atom is 0.271 e. The quantitative estimate of drug-likeness (QED) is 0.862. The normalized spacial score (nSPS) is 10.8. The van der Waals surface area contributed by atoms with E-state index >= 15 is 0 Å². The number of nitrogens with two attached hydrogens (primary N) is 1. The molecule has 96 valence electrons. The lowest BCUT2D eigenvalue weighted by Crippen LogP contribution is -2.17. The third kappa shape index (κ3) is 2.24. The summed E-state index contributed by atoms with van der Waals surface area (Å²) in [7, 11) is 1.70. The summed E-state index contributed by atoms with van der Waals surface area (Å²) >= 11 is 0. The van der Waals surface area contributed by atoms with Gasteiger partial charge in [-0.2, -0.15) is 0 Å². The molecule has 2 rings (SSSR count). The van der Waals surface area contributed by atoms with Crippen LogP contribution >= 0.6 is 0 Å². The number of aromatic amines is 1. The van der Waals surface area contributed by atoms with Gasteiger partial charge in [0.25, 0.3) is 5.56 Å². The van der Waals surface area contributed by atoms with E-state index in [4.69, 9.17) is 5.73 Å². The molecule has 2 aromatic rings. The molecule has 0 aliphatic carbocycles. The van der Waals surface area contributed by atoms with Crippen LogP contribution in [-0.2, 0) is 20.0 Å². The third-order valence-corrected chi connectivity index (χ3v) is 3.13. The van der Waals surface area contributed by atoms with Crippen molar-refractivity contribution in [3.05, 3.63) is 45.7 Å². The molecule has 0 spiro atoms. The minimum atomic E-state index is -0.0508. The van der Waals surface area contributed by atoms with Crippen molar-refractivity contribution in [3.63, 3.8) is 0 Å². The number of hydrogen-bond donors (Lipinski definition) is 2. The standard InChI is InChI=1S/C14H19N3O/c1-3-4-10-5-7-11(8-6-10)13-12(9-15)14(18)17(2)16-13/h5-8,16H,3-4,9,15H2,1-2H3. The number of nitrogens with zero attached hydrogens (tertiary/aromatic N) is 1. The van der Waals surface area contributed by atoms with Crippen molar-refractivity contribution < 1.29 is 0 Å². The van der Waals surface area contributed by atoms with E-state index in [9.17, 15) is 4.79 Å². The molecular weight excluding hydrogens is 226 g/mol. The van der Waals surface area contributed by atoms with Gasteiger partial charge >= 0.3 is 0 Å². The average molecular weight is 245 g/mol. The van der Waals surface area contributed by atoms with Gasteiger partial charge in [-0.3, -0.25) is 14.6 Å². The number of aryl methyl sites for hydroxylation is 2. The summed E-state index contributed by atoms with van der Waals surface area (Å²) in [5.41, 5.74) is 9.38. The molecule has 0 saturated carbocycles. The lowest BCUT2D eigenvalue weighted by molar-refractivity contribution is 0.739. The molecule has 0 atom stereocenters. The Kier molecular flexibility index (Phi) is 3.67. The molecule has 0 bridgehead atoms. The second kappa shape index (κ2) is 5.23. The molecule has 4 nitrogen and oxygen atoms in total. The topological polar surface area (TPSA) is 63.8 Å². The Morgan fingerprint density at radius 3 is 2.50 bits per heavy atom. The Balaban J connectivity index is 2.42. The minimum Gasteiger partial charge on any atom is -0.326 e. The van der Waals surface area contributed by atoms with Gasteiger partial charge in [0, 0.05) is 13.6 Å². The summed E-state index contributed by atoms with van der Waals surface area (Å²) in [5.74, 6) is 0. The van der Waals surface area contributed by atoms with E-state index in [1.165, 1.54) is 10.2 Å². The Hall–Kier alpha value is -1.81. The fourth-order valence-electron chi connectivity index (χ4n) is 2.15. The third-order valence-electron chi connectivity index (χ3n) is 3.13. The van der Waals surface area contributed by atoms with Gasteiger partial charge in [0.15, 0.2) is 0 Å². The van der Waals surface area contributed by atoms with Crippen LogP contribution in [0.25, 0.3) is 11.3 Å². The Labute approximate surface area is 106 Å². The van der Waals surface area contributed by atoms with Gasteiger partial charge in [0.2, 0.25) is 0 Å². The summed E-state index contributed by atoms with van der Waals surface area (Å²) in [6.45, 7) is 2.41. The summed E-state index contributed by atoms with van der Waals surface area (Å²) in [5, 5.41) is 3.06. The van der Waals surface area contributed by atoms with Crippen molar-refractivity contribution in [2.45, 2.75) is 26.3 Å². The highest BCUT2D eigenvalue weighted by Crippen LogP contribution is 2.20. The molecule has 0 amide bonds. The summed E-state index contributed by atoms with van der Waals surface area (Å²) < 4.78 is 1.47. The minimum absolute atomic E-state index is 0.0508. The predicted molar refractivity (Wildman–Crippen MR) is 73.4 cm³/mol. The van der Waals surface area contributed by atoms with Gasteiger partial charge in [-0.1, -0.05) is 37.6 Å². The van der Waals surface area contributed by atoms with Crippen LogP contribution in [0.3, 0.4) is 0 Å². The van der Waals surface area contributed by atoms with Crippen LogP contribution in [0.1, 0.15) is 24.5 Å². The van der Waals surface area contributed by atoms with Crippen LogP contribution < -0.4 is 11.3 Å². The monoisotopic (exact) mass is 245 g/mol. The highest BCUT2D eigenvalue weighted by molar-refractivity contribution is 5.63. The first kappa shape index (κ1) is 12.6. The van der Waals surface area contributed by atoms with Crippen molar-refractivity contribution in [3.8, 4) is 11.3 Å². The van der Waals surface area contributed by atoms with E-state index in [1.54, 1.807) is 7.05 Å². The van der Waals surface area contributed by atoms with Crippen LogP contribution in [-0.4, -0.2) is 9.78 Å². The van der Waals surface area contributed by atoms with Crippen molar-refractivity contribution >= 4 is 0 Å². The highest BCUT2D eigenvalue weighted by atomic mass is 16.1. The van der Waals surface area contributed by atoms with E-state index in [0.717, 1.165) is 24.1 Å². The first-order valence-electron chi connectivity index (χ1n) is 6.24. The Morgan fingerprint density at radius 2 is 1.94 bits per heavy atom. The van der Waals surface area contributed by atoms with Crippen LogP contribution in [0, 0.1) is 0 Å². The Morgan fingerprint density at radius 1 is 1.28 bits per heavy atom. The molecule has 1 aromatic heterocycles. The Bertz CT molecular complexity index is 578. The molecule has 3 N–H and O–H groups in total. The summed E-state index contributed by atoms with van der Waals surface area (Å²) in [6.07, 6.45) is 2.21. The first-order chi connectivity index (χ1) is 8.67. The van der Waals surface area contributed by atoms with E-state index in [0.29, 0.717) is 5.56 Å². The molecule has 1 heterocycles. The maximum absolute atomic E-state index is 11.8. The maximum atomic E-state index is 11.8. The zero-order valence-electron chi connectivity index (χ0n) is 10.9. The number of H-pyrrole nitrogens is 1. The molecular formula is C14H19N3O. The number of rotatable bonds is 4. The molecule has 0 radical (unpaired) electrons. The molecule has 0 aliphatic rings. The van der Waals surface area contributed by atoms with Crippen molar-refractivity contribution in [2.75, 3.05) is 0 Å². The SMILES string of the molecule is CCCc1ccc(-c2[nH]n(C)c(=O)c2CN)cc1. The lowest BCUT2D eigenvalue weighted by Gasteiger charge is -2.03. The fourth-order valence-corrected chi connectivity index (χ4v) is 2.15. The predicted octanol–water partition coefficient (Wildman–Crippen LogP) is 1.79. The zero-order chi connectivity index (χ0) is 13.1. The highest BCUT2D eigenvalue weighted by Gasteiger charge is 2.12. The van der Waals surface area contributed by atoms with Crippen LogP contribution in [0.15, 0.2) is 29.1 Å². The van der Waals surface area contributed by atoms with Gasteiger partial charge in [-0.05, 0) is 17.5 Å². The summed E-state index contributed by atoms with van der Waals surface area (Å²) in [6, 6.07) is 8.28. The van der Waals surface area contributed by atoms with Gasteiger partial charge in [0.05, 0.1) is 11.3 Å². The molecule has 0 saturated heterocycles. The molecule has 1 aromatic carbocycles. The van der Waals surface area contributed by atoms with Crippen LogP contribution in [0.4, 0.5) is 0 Å². The van der Waals surface area contributed by atoms with Gasteiger partial charge < -0.3 is 5.73 Å². The lowest BCUT2D eigenvalue weighted by atomic mass is 10.0. The van der Waals surface area contributed by atoms with E-state index in [-0.39, 0.29) is 12.1 Å². The number of benzene rings is 1. The molecule has 0 unspecified atom stereocenters. The van der Waals surface area contributed by atoms with Crippen LogP contribution in [0.5, 0.6) is 0 Å². The van der Waals surface area contributed by atoms with E-state index < -0.39 is 0 Å². The number of nitrogens with one attached hydrogen (secondary N) is 1. The smallest absolute Gasteiger partial charge is 0.271 e.